The zero-order valence-corrected chi connectivity index (χ0v) is 17.3. The number of ketones is 1. The van der Waals surface area contributed by atoms with Crippen molar-refractivity contribution in [3.8, 4) is 0 Å². The molecule has 1 aromatic heterocycles. The lowest BCUT2D eigenvalue weighted by atomic mass is 9.43. The predicted octanol–water partition coefficient (Wildman–Crippen LogP) is 2.61. The van der Waals surface area contributed by atoms with Crippen LogP contribution in [0.5, 0.6) is 0 Å². The van der Waals surface area contributed by atoms with Gasteiger partial charge in [0.1, 0.15) is 17.8 Å². The van der Waals surface area contributed by atoms with E-state index < -0.39 is 46.7 Å². The fraction of sp³-hybridized carbons (Fsp3) is 0.636. The van der Waals surface area contributed by atoms with E-state index in [-0.39, 0.29) is 24.5 Å². The number of rotatable bonds is 3. The number of ether oxygens (including phenoxy) is 3. The van der Waals surface area contributed by atoms with Gasteiger partial charge in [-0.2, -0.15) is 0 Å². The summed E-state index contributed by atoms with van der Waals surface area (Å²) in [6.07, 6.45) is 4.10. The lowest BCUT2D eigenvalue weighted by Gasteiger charge is -2.56. The maximum atomic E-state index is 13.4. The molecular formula is C22H26O8. The number of esters is 3. The molecule has 3 aliphatic rings. The van der Waals surface area contributed by atoms with E-state index in [1.165, 1.54) is 20.5 Å². The second-order valence-corrected chi connectivity index (χ2v) is 8.68. The van der Waals surface area contributed by atoms with E-state index in [4.69, 9.17) is 18.6 Å². The summed E-state index contributed by atoms with van der Waals surface area (Å²) in [5.74, 6) is -4.05. The highest BCUT2D eigenvalue weighted by Gasteiger charge is 2.72. The van der Waals surface area contributed by atoms with Gasteiger partial charge in [0.05, 0.1) is 37.6 Å². The van der Waals surface area contributed by atoms with Crippen LogP contribution in [0.25, 0.3) is 0 Å². The van der Waals surface area contributed by atoms with Crippen LogP contribution < -0.4 is 0 Å². The summed E-state index contributed by atoms with van der Waals surface area (Å²) in [5, 5.41) is 0. The van der Waals surface area contributed by atoms with Crippen molar-refractivity contribution < 1.29 is 37.8 Å². The summed E-state index contributed by atoms with van der Waals surface area (Å²) in [6.45, 7) is 1.98. The number of cyclic esters (lactones) is 1. The van der Waals surface area contributed by atoms with E-state index >= 15 is 0 Å². The number of hydrogen-bond acceptors (Lipinski definition) is 8. The molecule has 2 aliphatic carbocycles. The summed E-state index contributed by atoms with van der Waals surface area (Å²) >= 11 is 0. The van der Waals surface area contributed by atoms with Gasteiger partial charge in [-0.15, -0.1) is 0 Å². The van der Waals surface area contributed by atoms with E-state index in [1.807, 2.05) is 6.92 Å². The molecule has 1 aromatic rings. The largest absolute Gasteiger partial charge is 0.472 e. The van der Waals surface area contributed by atoms with Gasteiger partial charge in [-0.3, -0.25) is 19.2 Å². The van der Waals surface area contributed by atoms with E-state index in [1.54, 1.807) is 12.3 Å². The fourth-order valence-corrected chi connectivity index (χ4v) is 6.28. The van der Waals surface area contributed by atoms with Crippen LogP contribution in [0.4, 0.5) is 0 Å². The van der Waals surface area contributed by atoms with Crippen LogP contribution in [0.15, 0.2) is 23.0 Å². The zero-order valence-electron chi connectivity index (χ0n) is 17.3. The molecule has 1 aliphatic heterocycles. The third kappa shape index (κ3) is 2.58. The van der Waals surface area contributed by atoms with Crippen molar-refractivity contribution in [2.45, 2.75) is 45.1 Å². The Labute approximate surface area is 174 Å². The first kappa shape index (κ1) is 20.6. The van der Waals surface area contributed by atoms with Gasteiger partial charge in [-0.25, -0.2) is 0 Å². The highest BCUT2D eigenvalue weighted by atomic mass is 16.6. The van der Waals surface area contributed by atoms with Crippen molar-refractivity contribution in [2.75, 3.05) is 14.2 Å². The minimum Gasteiger partial charge on any atom is -0.472 e. The molecular weight excluding hydrogens is 392 g/mol. The molecule has 0 aromatic carbocycles. The molecule has 2 heterocycles. The minimum absolute atomic E-state index is 0.0869. The normalized spacial score (nSPS) is 38.1. The van der Waals surface area contributed by atoms with Crippen LogP contribution in [0.1, 0.15) is 50.7 Å². The molecule has 2 saturated carbocycles. The van der Waals surface area contributed by atoms with E-state index in [0.717, 1.165) is 5.56 Å². The Morgan fingerprint density at radius 3 is 2.57 bits per heavy atom. The first-order chi connectivity index (χ1) is 14.3. The second kappa shape index (κ2) is 7.25. The van der Waals surface area contributed by atoms with Gasteiger partial charge in [-0.1, -0.05) is 6.92 Å². The monoisotopic (exact) mass is 418 g/mol. The molecule has 8 heteroatoms. The maximum absolute atomic E-state index is 13.4. The van der Waals surface area contributed by atoms with Crippen molar-refractivity contribution in [3.63, 3.8) is 0 Å². The first-order valence-corrected chi connectivity index (χ1v) is 10.2. The molecule has 1 spiro atoms. The minimum atomic E-state index is -1.44. The van der Waals surface area contributed by atoms with Crippen molar-refractivity contribution >= 4 is 23.7 Å². The lowest BCUT2D eigenvalue weighted by Crippen LogP contribution is -2.64. The summed E-state index contributed by atoms with van der Waals surface area (Å²) in [4.78, 5) is 52.2. The molecule has 0 bridgehead atoms. The Bertz CT molecular complexity index is 866. The quantitative estimate of drug-likeness (QED) is 0.419. The van der Waals surface area contributed by atoms with Gasteiger partial charge in [0, 0.05) is 18.4 Å². The van der Waals surface area contributed by atoms with Crippen molar-refractivity contribution in [3.05, 3.63) is 24.2 Å². The van der Waals surface area contributed by atoms with Gasteiger partial charge in [0.25, 0.3) is 0 Å². The number of furan rings is 1. The van der Waals surface area contributed by atoms with Gasteiger partial charge in [-0.05, 0) is 37.2 Å². The molecule has 6 unspecified atom stereocenters. The third-order valence-corrected chi connectivity index (χ3v) is 7.70. The van der Waals surface area contributed by atoms with Crippen molar-refractivity contribution in [2.24, 2.45) is 28.6 Å². The van der Waals surface area contributed by atoms with Crippen LogP contribution in [0.2, 0.25) is 0 Å². The Morgan fingerprint density at radius 2 is 1.93 bits per heavy atom. The number of carbonyl (C=O) groups is 4. The van der Waals surface area contributed by atoms with Crippen LogP contribution in [0, 0.1) is 28.6 Å². The van der Waals surface area contributed by atoms with E-state index in [0.29, 0.717) is 19.3 Å². The predicted molar refractivity (Wildman–Crippen MR) is 101 cm³/mol. The van der Waals surface area contributed by atoms with Crippen molar-refractivity contribution in [1.29, 1.82) is 0 Å². The van der Waals surface area contributed by atoms with Gasteiger partial charge in [0.15, 0.2) is 0 Å². The summed E-state index contributed by atoms with van der Waals surface area (Å²) in [5.41, 5.74) is -1.69. The molecule has 30 heavy (non-hydrogen) atoms. The number of methoxy groups -OCH3 is 2. The highest BCUT2D eigenvalue weighted by Crippen LogP contribution is 2.66. The summed E-state index contributed by atoms with van der Waals surface area (Å²) in [7, 11) is 2.44. The number of fused-ring (bicyclic) bond motifs is 2. The van der Waals surface area contributed by atoms with Gasteiger partial charge < -0.3 is 18.6 Å². The number of carbonyl (C=O) groups excluding carboxylic acids is 4. The Kier molecular flexibility index (Phi) is 4.98. The summed E-state index contributed by atoms with van der Waals surface area (Å²) < 4.78 is 21.0. The second-order valence-electron chi connectivity index (χ2n) is 8.68. The molecule has 6 atom stereocenters. The molecule has 1 saturated heterocycles. The van der Waals surface area contributed by atoms with Crippen LogP contribution in [0.3, 0.4) is 0 Å². The van der Waals surface area contributed by atoms with Crippen LogP contribution >= 0.6 is 0 Å². The maximum Gasteiger partial charge on any atom is 0.317 e. The van der Waals surface area contributed by atoms with Gasteiger partial charge >= 0.3 is 17.9 Å². The molecule has 8 nitrogen and oxygen atoms in total. The highest BCUT2D eigenvalue weighted by molar-refractivity contribution is 6.05. The lowest BCUT2D eigenvalue weighted by molar-refractivity contribution is -0.198. The smallest absolute Gasteiger partial charge is 0.317 e. The average molecular weight is 418 g/mol. The molecule has 0 radical (unpaired) electrons. The number of hydrogen-bond donors (Lipinski definition) is 0. The molecule has 4 rings (SSSR count). The Balaban J connectivity index is 1.85. The van der Waals surface area contributed by atoms with Gasteiger partial charge in [0.2, 0.25) is 0 Å². The third-order valence-electron chi connectivity index (χ3n) is 7.70. The Morgan fingerprint density at radius 1 is 1.17 bits per heavy atom. The topological polar surface area (TPSA) is 109 Å². The molecule has 162 valence electrons. The molecule has 0 amide bonds. The Hall–Kier alpha value is -2.64. The number of Topliss-reactive ketones (excluding diaryl/α,β-unsaturated/α-hetero) is 1. The SMILES string of the molecule is COC(=O)C1C(=O)CCC2C3(CC(c4ccoc4)OC3=O)C(C)CCC12C(=O)OC. The van der Waals surface area contributed by atoms with Crippen LogP contribution in [-0.4, -0.2) is 37.9 Å². The molecule has 0 N–H and O–H groups in total. The van der Waals surface area contributed by atoms with E-state index in [9.17, 15) is 19.2 Å². The average Bonchev–Trinajstić information content (AvgIpc) is 3.38. The zero-order chi connectivity index (χ0) is 21.7. The summed E-state index contributed by atoms with van der Waals surface area (Å²) in [6, 6.07) is 1.75. The van der Waals surface area contributed by atoms with Crippen LogP contribution in [-0.2, 0) is 33.4 Å². The standard InChI is InChI=1S/C22H26O8/c1-12-6-8-21(19(25)28-3)16(5-4-14(23)17(21)18(24)27-2)22(12)10-15(30-20(22)26)13-7-9-29-11-13/h7,9,11-12,15-17H,4-6,8,10H2,1-3H3. The van der Waals surface area contributed by atoms with E-state index in [2.05, 4.69) is 0 Å². The fourth-order valence-electron chi connectivity index (χ4n) is 6.28. The van der Waals surface area contributed by atoms with Crippen molar-refractivity contribution in [1.82, 2.24) is 0 Å². The first-order valence-electron chi connectivity index (χ1n) is 10.2. The molecule has 3 fully saturated rings.